The largest absolute Gasteiger partial charge is 0.354 e. The first-order valence-corrected chi connectivity index (χ1v) is 8.59. The van der Waals surface area contributed by atoms with E-state index in [1.165, 1.54) is 12.1 Å². The van der Waals surface area contributed by atoms with Gasteiger partial charge >= 0.3 is 0 Å². The molecule has 0 aliphatic heterocycles. The van der Waals surface area contributed by atoms with Gasteiger partial charge in [-0.1, -0.05) is 23.4 Å². The van der Waals surface area contributed by atoms with Crippen LogP contribution in [0.25, 0.3) is 22.4 Å². The number of nitrogens with two attached hydrogens (primary N) is 1. The summed E-state index contributed by atoms with van der Waals surface area (Å²) in [6.45, 7) is 0. The Labute approximate surface area is 145 Å². The molecule has 10 heteroatoms. The molecule has 136 valence electrons. The van der Waals surface area contributed by atoms with Crippen molar-refractivity contribution in [1.29, 1.82) is 0 Å². The zero-order valence-corrected chi connectivity index (χ0v) is 13.6. The van der Waals surface area contributed by atoms with Crippen molar-refractivity contribution in [2.75, 3.05) is 0 Å². The summed E-state index contributed by atoms with van der Waals surface area (Å²) in [5.74, 6) is -2.71. The summed E-state index contributed by atoms with van der Waals surface area (Å²) in [6, 6.07) is 7.61. The second kappa shape index (κ2) is 6.54. The van der Waals surface area contributed by atoms with Gasteiger partial charge in [0.1, 0.15) is 22.2 Å². The molecule has 0 amide bonds. The van der Waals surface area contributed by atoms with Crippen LogP contribution < -0.4 is 5.14 Å². The Kier molecular flexibility index (Phi) is 4.55. The average molecular weight is 386 g/mol. The van der Waals surface area contributed by atoms with Crippen molar-refractivity contribution in [3.63, 3.8) is 0 Å². The van der Waals surface area contributed by atoms with E-state index in [4.69, 9.17) is 5.14 Å². The number of sulfonamides is 1. The lowest BCUT2D eigenvalue weighted by Crippen LogP contribution is -2.14. The van der Waals surface area contributed by atoms with E-state index in [1.807, 2.05) is 0 Å². The molecule has 0 radical (unpaired) electrons. The Balaban J connectivity index is 2.24. The highest BCUT2D eigenvalue weighted by Crippen LogP contribution is 2.39. The molecule has 0 fully saturated rings. The topological polar surface area (TPSA) is 86.2 Å². The third-order valence-corrected chi connectivity index (χ3v) is 4.49. The summed E-state index contributed by atoms with van der Waals surface area (Å²) < 4.78 is 81.4. The molecule has 0 aliphatic rings. The first-order chi connectivity index (χ1) is 12.2. The van der Waals surface area contributed by atoms with E-state index in [0.29, 0.717) is 0 Å². The van der Waals surface area contributed by atoms with Crippen molar-refractivity contribution in [3.8, 4) is 22.4 Å². The molecule has 3 aromatic rings. The van der Waals surface area contributed by atoms with Crippen molar-refractivity contribution in [2.45, 2.75) is 11.3 Å². The average Bonchev–Trinajstić information content (AvgIpc) is 2.98. The van der Waals surface area contributed by atoms with Crippen LogP contribution in [0.1, 0.15) is 12.2 Å². The molecule has 2 aromatic carbocycles. The molecule has 1 heterocycles. The molecule has 26 heavy (non-hydrogen) atoms. The van der Waals surface area contributed by atoms with E-state index in [9.17, 15) is 26.0 Å². The smallest absolute Gasteiger partial charge is 0.298 e. The third kappa shape index (κ3) is 3.33. The zero-order valence-electron chi connectivity index (χ0n) is 12.8. The molecule has 5 nitrogen and oxygen atoms in total. The van der Waals surface area contributed by atoms with E-state index < -0.39 is 38.7 Å². The van der Waals surface area contributed by atoms with Gasteiger partial charge < -0.3 is 4.52 Å². The second-order valence-electron chi connectivity index (χ2n) is 5.27. The van der Waals surface area contributed by atoms with Crippen LogP contribution in [0, 0.1) is 11.6 Å². The van der Waals surface area contributed by atoms with Gasteiger partial charge in [-0.05, 0) is 29.8 Å². The SMILES string of the molecule is NS(=O)(=O)c1ccc(-c2c(-c3cccc(F)c3)noc2C(F)F)cc1F. The van der Waals surface area contributed by atoms with Gasteiger partial charge in [-0.15, -0.1) is 0 Å². The highest BCUT2D eigenvalue weighted by Gasteiger charge is 2.27. The molecular weight excluding hydrogens is 376 g/mol. The molecule has 3 rings (SSSR count). The minimum atomic E-state index is -4.33. The molecular formula is C16H10F4N2O3S. The minimum absolute atomic E-state index is 0.120. The summed E-state index contributed by atoms with van der Waals surface area (Å²) >= 11 is 0. The number of aromatic nitrogens is 1. The monoisotopic (exact) mass is 386 g/mol. The summed E-state index contributed by atoms with van der Waals surface area (Å²) in [5.41, 5.74) is -0.398. The molecule has 0 aliphatic carbocycles. The van der Waals surface area contributed by atoms with Crippen LogP contribution in [0.4, 0.5) is 17.6 Å². The normalized spacial score (nSPS) is 11.9. The quantitative estimate of drug-likeness (QED) is 0.690. The molecule has 1 aromatic heterocycles. The van der Waals surface area contributed by atoms with Crippen molar-refractivity contribution in [1.82, 2.24) is 5.16 Å². The number of halogens is 4. The fraction of sp³-hybridized carbons (Fsp3) is 0.0625. The van der Waals surface area contributed by atoms with Crippen molar-refractivity contribution in [3.05, 3.63) is 59.9 Å². The van der Waals surface area contributed by atoms with Crippen LogP contribution in [-0.2, 0) is 10.0 Å². The maximum atomic E-state index is 14.1. The molecule has 0 bridgehead atoms. The maximum absolute atomic E-state index is 14.1. The number of rotatable bonds is 4. The summed E-state index contributed by atoms with van der Waals surface area (Å²) in [6.07, 6.45) is -3.08. The van der Waals surface area contributed by atoms with E-state index in [-0.39, 0.29) is 22.4 Å². The van der Waals surface area contributed by atoms with Crippen molar-refractivity contribution >= 4 is 10.0 Å². The standard InChI is InChI=1S/C16H10F4N2O3S/c17-10-3-1-2-9(6-10)14-13(15(16(19)20)25-22-14)8-4-5-12(11(18)7-8)26(21,23)24/h1-7,16H,(H2,21,23,24). The molecule has 0 spiro atoms. The Bertz CT molecular complexity index is 1080. The van der Waals surface area contributed by atoms with E-state index >= 15 is 0 Å². The summed E-state index contributed by atoms with van der Waals surface area (Å²) in [7, 11) is -4.33. The number of alkyl halides is 2. The van der Waals surface area contributed by atoms with E-state index in [1.54, 1.807) is 0 Å². The van der Waals surface area contributed by atoms with Gasteiger partial charge in [-0.3, -0.25) is 0 Å². The molecule has 0 atom stereocenters. The lowest BCUT2D eigenvalue weighted by atomic mass is 9.99. The Morgan fingerprint density at radius 1 is 1.04 bits per heavy atom. The van der Waals surface area contributed by atoms with Gasteiger partial charge in [0, 0.05) is 5.56 Å². The predicted molar refractivity (Wildman–Crippen MR) is 83.6 cm³/mol. The Hall–Kier alpha value is -2.72. The van der Waals surface area contributed by atoms with Gasteiger partial charge in [0.2, 0.25) is 15.8 Å². The van der Waals surface area contributed by atoms with Crippen LogP contribution in [-0.4, -0.2) is 13.6 Å². The fourth-order valence-corrected chi connectivity index (χ4v) is 3.04. The Morgan fingerprint density at radius 3 is 2.35 bits per heavy atom. The molecule has 0 saturated heterocycles. The zero-order chi connectivity index (χ0) is 19.1. The highest BCUT2D eigenvalue weighted by molar-refractivity contribution is 7.89. The lowest BCUT2D eigenvalue weighted by molar-refractivity contribution is 0.113. The number of primary sulfonamides is 1. The number of hydrogen-bond donors (Lipinski definition) is 1. The van der Waals surface area contributed by atoms with Gasteiger partial charge in [0.05, 0.1) is 5.56 Å². The van der Waals surface area contributed by atoms with Gasteiger partial charge in [-0.2, -0.15) is 0 Å². The summed E-state index contributed by atoms with van der Waals surface area (Å²) in [4.78, 5) is -0.788. The van der Waals surface area contributed by atoms with Crippen LogP contribution in [0.2, 0.25) is 0 Å². The second-order valence-corrected chi connectivity index (χ2v) is 6.80. The van der Waals surface area contributed by atoms with Crippen LogP contribution >= 0.6 is 0 Å². The van der Waals surface area contributed by atoms with Gasteiger partial charge in [0.25, 0.3) is 6.43 Å². The molecule has 0 saturated carbocycles. The maximum Gasteiger partial charge on any atom is 0.298 e. The van der Waals surface area contributed by atoms with Crippen molar-refractivity contribution < 1.29 is 30.5 Å². The molecule has 2 N–H and O–H groups in total. The minimum Gasteiger partial charge on any atom is -0.354 e. The number of hydrogen-bond acceptors (Lipinski definition) is 4. The first-order valence-electron chi connectivity index (χ1n) is 7.05. The van der Waals surface area contributed by atoms with E-state index in [0.717, 1.165) is 30.3 Å². The summed E-state index contributed by atoms with van der Waals surface area (Å²) in [5, 5.41) is 8.42. The number of benzene rings is 2. The van der Waals surface area contributed by atoms with E-state index in [2.05, 4.69) is 9.68 Å². The number of nitrogens with zero attached hydrogens (tertiary/aromatic N) is 1. The fourth-order valence-electron chi connectivity index (χ4n) is 2.45. The Morgan fingerprint density at radius 2 is 1.77 bits per heavy atom. The molecule has 0 unspecified atom stereocenters. The predicted octanol–water partition coefficient (Wildman–Crippen LogP) is 3.87. The van der Waals surface area contributed by atoms with Gasteiger partial charge in [-0.25, -0.2) is 31.1 Å². The lowest BCUT2D eigenvalue weighted by Gasteiger charge is -2.07. The van der Waals surface area contributed by atoms with Gasteiger partial charge in [0.15, 0.2) is 0 Å². The van der Waals surface area contributed by atoms with Crippen LogP contribution in [0.3, 0.4) is 0 Å². The third-order valence-electron chi connectivity index (χ3n) is 3.54. The van der Waals surface area contributed by atoms with Crippen LogP contribution in [0.15, 0.2) is 51.9 Å². The highest BCUT2D eigenvalue weighted by atomic mass is 32.2. The van der Waals surface area contributed by atoms with Crippen molar-refractivity contribution in [2.24, 2.45) is 5.14 Å². The first kappa shape index (κ1) is 18.1. The van der Waals surface area contributed by atoms with Crippen LogP contribution in [0.5, 0.6) is 0 Å².